The molecule has 1 aromatic rings. The minimum atomic E-state index is 0.488. The Morgan fingerprint density at radius 2 is 2.35 bits per heavy atom. The van der Waals surface area contributed by atoms with Crippen molar-refractivity contribution >= 4 is 21.7 Å². The highest BCUT2D eigenvalue weighted by molar-refractivity contribution is 9.08. The number of nitrogens with zero attached hydrogens (tertiary/aromatic N) is 3. The van der Waals surface area contributed by atoms with Crippen LogP contribution in [0.2, 0.25) is 0 Å². The molecule has 0 amide bonds. The Morgan fingerprint density at radius 3 is 3.00 bits per heavy atom. The van der Waals surface area contributed by atoms with Gasteiger partial charge in [-0.2, -0.15) is 5.26 Å². The van der Waals surface area contributed by atoms with Crippen LogP contribution < -0.4 is 4.90 Å². The van der Waals surface area contributed by atoms with E-state index in [9.17, 15) is 0 Å². The molecule has 0 atom stereocenters. The molecule has 0 aliphatic rings. The van der Waals surface area contributed by atoms with E-state index in [1.807, 2.05) is 12.1 Å². The van der Waals surface area contributed by atoms with Gasteiger partial charge in [-0.25, -0.2) is 4.98 Å². The van der Waals surface area contributed by atoms with Crippen molar-refractivity contribution in [3.05, 3.63) is 23.9 Å². The third-order valence-electron chi connectivity index (χ3n) is 2.37. The van der Waals surface area contributed by atoms with Crippen molar-refractivity contribution in [1.82, 2.24) is 4.98 Å². The van der Waals surface area contributed by atoms with E-state index in [0.29, 0.717) is 19.6 Å². The Morgan fingerprint density at radius 1 is 1.53 bits per heavy atom. The van der Waals surface area contributed by atoms with Crippen LogP contribution in [-0.4, -0.2) is 31.8 Å². The van der Waals surface area contributed by atoms with E-state index >= 15 is 0 Å². The van der Waals surface area contributed by atoms with Crippen LogP contribution >= 0.6 is 15.9 Å². The maximum absolute atomic E-state index is 8.68. The van der Waals surface area contributed by atoms with Gasteiger partial charge in [0.1, 0.15) is 5.82 Å². The molecule has 0 unspecified atom stereocenters. The van der Waals surface area contributed by atoms with Crippen molar-refractivity contribution < 1.29 is 4.74 Å². The molecule has 92 valence electrons. The maximum Gasteiger partial charge on any atom is 0.132 e. The lowest BCUT2D eigenvalue weighted by Gasteiger charge is -2.24. The summed E-state index contributed by atoms with van der Waals surface area (Å²) >= 11 is 3.45. The van der Waals surface area contributed by atoms with Crippen LogP contribution in [0, 0.1) is 11.3 Å². The fourth-order valence-electron chi connectivity index (χ4n) is 1.53. The van der Waals surface area contributed by atoms with Crippen molar-refractivity contribution in [1.29, 1.82) is 5.26 Å². The van der Waals surface area contributed by atoms with Gasteiger partial charge in [0.15, 0.2) is 0 Å². The van der Waals surface area contributed by atoms with Crippen LogP contribution in [-0.2, 0) is 10.1 Å². The number of nitriles is 1. The molecule has 4 nitrogen and oxygen atoms in total. The summed E-state index contributed by atoms with van der Waals surface area (Å²) in [5.41, 5.74) is 1.13. The molecular formula is C12H16BrN3O. The van der Waals surface area contributed by atoms with Crippen molar-refractivity contribution in [3.8, 4) is 6.07 Å². The van der Waals surface area contributed by atoms with Gasteiger partial charge >= 0.3 is 0 Å². The smallest absolute Gasteiger partial charge is 0.132 e. The zero-order valence-corrected chi connectivity index (χ0v) is 11.5. The van der Waals surface area contributed by atoms with Gasteiger partial charge in [0.05, 0.1) is 19.1 Å². The van der Waals surface area contributed by atoms with E-state index in [2.05, 4.69) is 31.9 Å². The average Bonchev–Trinajstić information content (AvgIpc) is 2.39. The molecule has 1 heterocycles. The number of rotatable bonds is 7. The predicted molar refractivity (Wildman–Crippen MR) is 71.2 cm³/mol. The number of pyridine rings is 1. The lowest BCUT2D eigenvalue weighted by Crippen LogP contribution is -2.29. The Balaban J connectivity index is 2.83. The summed E-state index contributed by atoms with van der Waals surface area (Å²) in [6, 6.07) is 6.11. The monoisotopic (exact) mass is 297 g/mol. The second-order valence-corrected chi connectivity index (χ2v) is 4.07. The zero-order chi connectivity index (χ0) is 12.5. The number of hydrogen-bond acceptors (Lipinski definition) is 4. The van der Waals surface area contributed by atoms with Gasteiger partial charge in [-0.05, 0) is 6.07 Å². The summed E-state index contributed by atoms with van der Waals surface area (Å²) in [7, 11) is 1.67. The molecule has 0 spiro atoms. The quantitative estimate of drug-likeness (QED) is 0.725. The number of ether oxygens (including phenoxy) is 1. The molecule has 0 radical (unpaired) electrons. The molecule has 1 rings (SSSR count). The third-order valence-corrected chi connectivity index (χ3v) is 2.97. The van der Waals surface area contributed by atoms with E-state index in [4.69, 9.17) is 10.00 Å². The van der Waals surface area contributed by atoms with Gasteiger partial charge in [0, 0.05) is 37.3 Å². The van der Waals surface area contributed by atoms with Crippen LogP contribution in [0.3, 0.4) is 0 Å². The van der Waals surface area contributed by atoms with Gasteiger partial charge in [0.25, 0.3) is 0 Å². The van der Waals surface area contributed by atoms with Crippen molar-refractivity contribution in [2.45, 2.75) is 11.8 Å². The number of hydrogen-bond donors (Lipinski definition) is 0. The number of anilines is 1. The molecule has 17 heavy (non-hydrogen) atoms. The van der Waals surface area contributed by atoms with Crippen molar-refractivity contribution in [2.75, 3.05) is 31.7 Å². The highest BCUT2D eigenvalue weighted by Crippen LogP contribution is 2.19. The van der Waals surface area contributed by atoms with Crippen LogP contribution in [0.4, 0.5) is 5.82 Å². The van der Waals surface area contributed by atoms with Gasteiger partial charge in [-0.15, -0.1) is 0 Å². The first-order chi connectivity index (χ1) is 8.33. The molecule has 0 saturated carbocycles. The number of methoxy groups -OCH3 is 1. The fraction of sp³-hybridized carbons (Fsp3) is 0.500. The van der Waals surface area contributed by atoms with Crippen LogP contribution in [0.15, 0.2) is 18.3 Å². The van der Waals surface area contributed by atoms with Gasteiger partial charge in [0.2, 0.25) is 0 Å². The fourth-order valence-corrected chi connectivity index (χ4v) is 1.97. The minimum absolute atomic E-state index is 0.488. The van der Waals surface area contributed by atoms with Crippen molar-refractivity contribution in [2.24, 2.45) is 0 Å². The molecular weight excluding hydrogens is 282 g/mol. The Bertz CT molecular complexity index is 378. The average molecular weight is 298 g/mol. The van der Waals surface area contributed by atoms with E-state index in [0.717, 1.165) is 23.3 Å². The van der Waals surface area contributed by atoms with Gasteiger partial charge in [-0.3, -0.25) is 0 Å². The second kappa shape index (κ2) is 8.04. The van der Waals surface area contributed by atoms with Crippen LogP contribution in [0.25, 0.3) is 0 Å². The molecule has 0 aliphatic heterocycles. The van der Waals surface area contributed by atoms with Gasteiger partial charge in [-0.1, -0.05) is 22.0 Å². The maximum atomic E-state index is 8.68. The second-order valence-electron chi connectivity index (χ2n) is 3.51. The summed E-state index contributed by atoms with van der Waals surface area (Å²) in [6.45, 7) is 2.05. The van der Waals surface area contributed by atoms with Gasteiger partial charge < -0.3 is 9.64 Å². The third kappa shape index (κ3) is 4.33. The van der Waals surface area contributed by atoms with Crippen molar-refractivity contribution in [3.63, 3.8) is 0 Å². The Kier molecular flexibility index (Phi) is 6.60. The number of halogens is 1. The van der Waals surface area contributed by atoms with E-state index < -0.39 is 0 Å². The summed E-state index contributed by atoms with van der Waals surface area (Å²) in [5.74, 6) is 0.927. The normalized spacial score (nSPS) is 9.94. The predicted octanol–water partition coefficient (Wildman–Crippen LogP) is 2.34. The highest BCUT2D eigenvalue weighted by Gasteiger charge is 2.11. The molecule has 0 aromatic carbocycles. The first-order valence-electron chi connectivity index (χ1n) is 5.44. The largest absolute Gasteiger partial charge is 0.383 e. The first kappa shape index (κ1) is 13.9. The molecule has 0 saturated heterocycles. The molecule has 5 heteroatoms. The standard InChI is InChI=1S/C12H16BrN3O/c1-17-9-8-16(7-3-5-14)12-11(10-13)4-2-6-15-12/h2,4,6H,3,7-10H2,1H3. The van der Waals surface area contributed by atoms with E-state index in [-0.39, 0.29) is 0 Å². The molecule has 1 aromatic heterocycles. The summed E-state index contributed by atoms with van der Waals surface area (Å²) in [4.78, 5) is 6.47. The Labute approximate surface area is 110 Å². The summed E-state index contributed by atoms with van der Waals surface area (Å²) < 4.78 is 5.08. The topological polar surface area (TPSA) is 49.1 Å². The van der Waals surface area contributed by atoms with Crippen LogP contribution in [0.5, 0.6) is 0 Å². The lowest BCUT2D eigenvalue weighted by atomic mass is 10.2. The molecule has 0 fully saturated rings. The lowest BCUT2D eigenvalue weighted by molar-refractivity contribution is 0.205. The first-order valence-corrected chi connectivity index (χ1v) is 6.56. The summed E-state index contributed by atoms with van der Waals surface area (Å²) in [5, 5.41) is 9.43. The number of aromatic nitrogens is 1. The van der Waals surface area contributed by atoms with E-state index in [1.165, 1.54) is 0 Å². The molecule has 0 N–H and O–H groups in total. The SMILES string of the molecule is COCCN(CCC#N)c1ncccc1CBr. The molecule has 0 bridgehead atoms. The highest BCUT2D eigenvalue weighted by atomic mass is 79.9. The zero-order valence-electron chi connectivity index (χ0n) is 9.90. The van der Waals surface area contributed by atoms with E-state index in [1.54, 1.807) is 13.3 Å². The number of alkyl halides is 1. The van der Waals surface area contributed by atoms with Crippen LogP contribution in [0.1, 0.15) is 12.0 Å². The molecule has 0 aliphatic carbocycles. The summed E-state index contributed by atoms with van der Waals surface area (Å²) in [6.07, 6.45) is 2.26. The Hall–Kier alpha value is -1.12. The minimum Gasteiger partial charge on any atom is -0.383 e.